The van der Waals surface area contributed by atoms with Crippen LogP contribution in [-0.4, -0.2) is 38.5 Å². The van der Waals surface area contributed by atoms with Gasteiger partial charge in [0.2, 0.25) is 23.6 Å². The molecular weight excluding hydrogens is 874 g/mol. The number of anilines is 2. The highest BCUT2D eigenvalue weighted by atomic mass is 35.5. The van der Waals surface area contributed by atoms with Gasteiger partial charge in [-0.1, -0.05) is 23.3 Å². The number of carbonyl (C=O) groups excluding carboxylic acids is 4. The Morgan fingerprint density at radius 2 is 1.60 bits per heavy atom. The molecule has 5 heterocycles. The minimum atomic E-state index is -5.24. The van der Waals surface area contributed by atoms with Crippen molar-refractivity contribution in [3.63, 3.8) is 0 Å². The summed E-state index contributed by atoms with van der Waals surface area (Å²) in [5.41, 5.74) is -2.78. The van der Waals surface area contributed by atoms with Gasteiger partial charge in [-0.2, -0.15) is 31.4 Å². The minimum absolute atomic E-state index is 0.0513. The Balaban J connectivity index is 1.08. The summed E-state index contributed by atoms with van der Waals surface area (Å²) in [5.74, 6) is -8.10. The van der Waals surface area contributed by atoms with Gasteiger partial charge in [-0.15, -0.1) is 11.3 Å². The van der Waals surface area contributed by atoms with E-state index in [2.05, 4.69) is 0 Å². The second kappa shape index (κ2) is 13.8. The molecule has 0 bridgehead atoms. The summed E-state index contributed by atoms with van der Waals surface area (Å²) >= 11 is 7.76. The van der Waals surface area contributed by atoms with E-state index in [1.165, 1.54) is 34.4 Å². The molecule has 1 N–H and O–H groups in total. The Hall–Kier alpha value is -5.94. The highest BCUT2D eigenvalue weighted by molar-refractivity contribution is 7.22. The number of nitrogens with zero attached hydrogens (tertiary/aromatic N) is 4. The Bertz CT molecular complexity index is 2920. The molecule has 3 aromatic carbocycles. The highest BCUT2D eigenvalue weighted by Crippen LogP contribution is 2.63. The van der Waals surface area contributed by atoms with Crippen LogP contribution in [-0.2, 0) is 45.0 Å². The third kappa shape index (κ3) is 6.09. The first-order valence-electron chi connectivity index (χ1n) is 19.8. The van der Waals surface area contributed by atoms with Crippen LogP contribution in [0.2, 0.25) is 5.02 Å². The van der Waals surface area contributed by atoms with E-state index in [0.29, 0.717) is 50.2 Å². The van der Waals surface area contributed by atoms with Gasteiger partial charge < -0.3 is 9.84 Å². The van der Waals surface area contributed by atoms with Crippen LogP contribution >= 0.6 is 22.9 Å². The number of aromatic hydroxyl groups is 1. The number of halogens is 7. The number of hydrogen-bond donors (Lipinski definition) is 1. The van der Waals surface area contributed by atoms with Crippen LogP contribution in [0.4, 0.5) is 37.8 Å². The largest absolute Gasteiger partial charge is 0.508 e. The molecule has 10 nitrogen and oxygen atoms in total. The molecule has 3 fully saturated rings. The second-order valence-corrected chi connectivity index (χ2v) is 18.4. The van der Waals surface area contributed by atoms with Crippen molar-refractivity contribution in [1.29, 1.82) is 0 Å². The van der Waals surface area contributed by atoms with Crippen molar-refractivity contribution in [3.8, 4) is 22.1 Å². The molecular formula is C45H33ClF6N4O6S. The monoisotopic (exact) mass is 906 g/mol. The highest BCUT2D eigenvalue weighted by Gasteiger charge is 2.68. The van der Waals surface area contributed by atoms with Crippen LogP contribution in [0.5, 0.6) is 11.5 Å². The van der Waals surface area contributed by atoms with E-state index in [0.717, 1.165) is 25.4 Å². The molecule has 324 valence electrons. The van der Waals surface area contributed by atoms with Gasteiger partial charge in [-0.05, 0) is 104 Å². The first-order valence-corrected chi connectivity index (χ1v) is 21.0. The van der Waals surface area contributed by atoms with Gasteiger partial charge in [0.1, 0.15) is 23.0 Å². The zero-order chi connectivity index (χ0) is 44.8. The summed E-state index contributed by atoms with van der Waals surface area (Å²) < 4.78 is 92.3. The number of benzene rings is 3. The number of phenolic OH excluding ortho intramolecular Hbond substituents is 1. The molecule has 5 aromatic rings. The molecule has 2 aliphatic carbocycles. The number of ether oxygens (including phenoxy) is 1. The van der Waals surface area contributed by atoms with Gasteiger partial charge in [0, 0.05) is 40.7 Å². The standard InChI is InChI=1S/C45H33ClF6N4O6S/c1-19-29-15-24(46)4-9-34(29)63-38(19)32-17-35(54(3)53-32)56-40(59)31-16-30-27(37(43(31,2)42(56)61)21-10-20-11-26(57)5-8-33(20)62-18-21)6-7-28-36(30)41(60)55(39(28)58)25-13-22(44(47,48)49)12-23(14-25)45(50,51)52/h4-6,8-9,11-15,17-18,28,30-31,36-37,57H,7,10,16H2,1-3H3/t28-,30+,31-,36-,37-,43+/m0/s1. The van der Waals surface area contributed by atoms with E-state index in [4.69, 9.17) is 21.4 Å². The fourth-order valence-corrected chi connectivity index (χ4v) is 11.9. The lowest BCUT2D eigenvalue weighted by molar-refractivity contribution is -0.143. The summed E-state index contributed by atoms with van der Waals surface area (Å²) in [6.45, 7) is 3.58. The first-order chi connectivity index (χ1) is 29.7. The summed E-state index contributed by atoms with van der Waals surface area (Å²) in [6.07, 6.45) is -7.43. The van der Waals surface area contributed by atoms with Crippen molar-refractivity contribution in [2.45, 2.75) is 45.5 Å². The molecule has 10 rings (SSSR count). The van der Waals surface area contributed by atoms with Gasteiger partial charge in [-0.25, -0.2) is 9.80 Å². The number of allylic oxidation sites excluding steroid dienone is 3. The van der Waals surface area contributed by atoms with E-state index in [-0.39, 0.29) is 36.9 Å². The van der Waals surface area contributed by atoms with E-state index in [1.807, 2.05) is 19.1 Å². The quantitative estimate of drug-likeness (QED) is 0.108. The average molecular weight is 907 g/mol. The molecule has 5 aliphatic rings. The van der Waals surface area contributed by atoms with Crippen molar-refractivity contribution in [2.75, 3.05) is 9.80 Å². The number of alkyl halides is 6. The van der Waals surface area contributed by atoms with Gasteiger partial charge in [0.15, 0.2) is 0 Å². The molecule has 6 atom stereocenters. The number of fused-ring (bicyclic) bond motifs is 6. The van der Waals surface area contributed by atoms with Crippen molar-refractivity contribution >= 4 is 68.2 Å². The lowest BCUT2D eigenvalue weighted by Gasteiger charge is -2.49. The zero-order valence-corrected chi connectivity index (χ0v) is 34.8. The SMILES string of the molecule is Cc1c(-c2cc(N3C(=O)[C@@H]4C[C@@H]5C(=CC[C@@H]6C(=O)N(c7cc(C(F)(F)F)cc(C(F)(F)F)c7)C(=O)[C@@H]65)[C@H](C5=COc6ccc(O)cc6C5)[C@]4(C)C3=O)n(C)n2)sc2ccc(Cl)cc12. The topological polar surface area (TPSA) is 122 Å². The van der Waals surface area contributed by atoms with Crippen LogP contribution in [0.15, 0.2) is 84.1 Å². The molecule has 0 unspecified atom stereocenters. The molecule has 0 radical (unpaired) electrons. The van der Waals surface area contributed by atoms with Crippen LogP contribution in [0.1, 0.15) is 42.0 Å². The van der Waals surface area contributed by atoms with Crippen LogP contribution in [0.25, 0.3) is 20.7 Å². The predicted molar refractivity (Wildman–Crippen MR) is 219 cm³/mol. The molecule has 2 saturated heterocycles. The van der Waals surface area contributed by atoms with Crippen molar-refractivity contribution in [2.24, 2.45) is 42.1 Å². The smallest absolute Gasteiger partial charge is 0.416 e. The maximum atomic E-state index is 15.3. The number of aromatic nitrogens is 2. The Kier molecular flexibility index (Phi) is 8.99. The van der Waals surface area contributed by atoms with E-state index >= 15 is 9.59 Å². The number of carbonyl (C=O) groups is 4. The van der Waals surface area contributed by atoms with E-state index < -0.39 is 87.8 Å². The van der Waals surface area contributed by atoms with Crippen molar-refractivity contribution < 1.29 is 55.4 Å². The molecule has 1 saturated carbocycles. The molecule has 3 aliphatic heterocycles. The zero-order valence-electron chi connectivity index (χ0n) is 33.3. The molecule has 18 heteroatoms. The number of imide groups is 2. The molecule has 63 heavy (non-hydrogen) atoms. The van der Waals surface area contributed by atoms with Gasteiger partial charge in [0.05, 0.1) is 51.1 Å². The van der Waals surface area contributed by atoms with Crippen LogP contribution in [0.3, 0.4) is 0 Å². The summed E-state index contributed by atoms with van der Waals surface area (Å²) in [4.78, 5) is 61.2. The maximum absolute atomic E-state index is 15.3. The fraction of sp³-hybridized carbons (Fsp3) is 0.311. The number of phenols is 1. The second-order valence-electron chi connectivity index (χ2n) is 16.9. The summed E-state index contributed by atoms with van der Waals surface area (Å²) in [6, 6.07) is 12.3. The average Bonchev–Trinajstić information content (AvgIpc) is 3.89. The number of aryl methyl sites for hydroxylation is 2. The van der Waals surface area contributed by atoms with E-state index in [9.17, 15) is 41.0 Å². The fourth-order valence-electron chi connectivity index (χ4n) is 10.6. The number of hydrogen-bond acceptors (Lipinski definition) is 8. The minimum Gasteiger partial charge on any atom is -0.508 e. The predicted octanol–water partition coefficient (Wildman–Crippen LogP) is 9.79. The lowest BCUT2D eigenvalue weighted by Crippen LogP contribution is -2.51. The normalized spacial score (nSPS) is 25.8. The van der Waals surface area contributed by atoms with Gasteiger partial charge in [0.25, 0.3) is 0 Å². The van der Waals surface area contributed by atoms with Crippen LogP contribution < -0.4 is 14.5 Å². The Labute approximate surface area is 363 Å². The van der Waals surface area contributed by atoms with Gasteiger partial charge >= 0.3 is 12.4 Å². The summed E-state index contributed by atoms with van der Waals surface area (Å²) in [5, 5.41) is 16.6. The van der Waals surface area contributed by atoms with Crippen molar-refractivity contribution in [3.05, 3.63) is 111 Å². The number of thiophene rings is 1. The molecule has 0 spiro atoms. The third-order valence-corrected chi connectivity index (χ3v) is 15.0. The number of amides is 4. The van der Waals surface area contributed by atoms with Crippen LogP contribution in [0, 0.1) is 41.9 Å². The number of rotatable bonds is 4. The molecule has 2 aromatic heterocycles. The Morgan fingerprint density at radius 1 is 0.889 bits per heavy atom. The maximum Gasteiger partial charge on any atom is 0.416 e. The van der Waals surface area contributed by atoms with Crippen molar-refractivity contribution in [1.82, 2.24) is 9.78 Å². The lowest BCUT2D eigenvalue weighted by atomic mass is 9.51. The summed E-state index contributed by atoms with van der Waals surface area (Å²) in [7, 11) is 1.60. The third-order valence-electron chi connectivity index (χ3n) is 13.5. The van der Waals surface area contributed by atoms with E-state index in [1.54, 1.807) is 38.2 Å². The first kappa shape index (κ1) is 41.1. The van der Waals surface area contributed by atoms with Gasteiger partial charge in [-0.3, -0.25) is 23.9 Å². The molecule has 4 amide bonds. The Morgan fingerprint density at radius 3 is 2.30 bits per heavy atom.